The Bertz CT molecular complexity index is 1080. The molecule has 2 aliphatic rings. The minimum Gasteiger partial charge on any atom is -0.476 e. The first kappa shape index (κ1) is 28.1. The number of anilines is 1. The third-order valence-electron chi connectivity index (χ3n) is 6.56. The highest BCUT2D eigenvalue weighted by molar-refractivity contribution is 6.07. The van der Waals surface area contributed by atoms with E-state index >= 15 is 0 Å². The number of carbonyl (C=O) groups is 4. The van der Waals surface area contributed by atoms with E-state index in [9.17, 15) is 33.1 Å². The fourth-order valence-corrected chi connectivity index (χ4v) is 4.81. The molecule has 2 heterocycles. The van der Waals surface area contributed by atoms with Gasteiger partial charge in [-0.05, 0) is 65.2 Å². The summed E-state index contributed by atoms with van der Waals surface area (Å²) in [5.74, 6) is -1.39. The monoisotopic (exact) mass is 524 g/mol. The van der Waals surface area contributed by atoms with Gasteiger partial charge in [0, 0.05) is 24.7 Å². The van der Waals surface area contributed by atoms with Gasteiger partial charge in [0.2, 0.25) is 5.91 Å². The number of aryl methyl sites for hydroxylation is 1. The van der Waals surface area contributed by atoms with Crippen molar-refractivity contribution >= 4 is 29.5 Å². The lowest BCUT2D eigenvalue weighted by Gasteiger charge is -2.41. The van der Waals surface area contributed by atoms with Crippen molar-refractivity contribution in [1.82, 2.24) is 15.1 Å². The van der Waals surface area contributed by atoms with Crippen LogP contribution in [0.5, 0.6) is 5.75 Å². The number of carboxylic acid groups (broad SMARTS) is 1. The zero-order valence-electron chi connectivity index (χ0n) is 21.7. The molecule has 10 nitrogen and oxygen atoms in total. The SMILES string of the molecule is Cc1cc2c(cc1C(=O)N(C(C)C)[C@@H]1CCCN(C(=O)O)C1)N(CC(=O)NCC(F)F)C(=O)C(C)(C)O2. The predicted molar refractivity (Wildman–Crippen MR) is 131 cm³/mol. The Balaban J connectivity index is 1.98. The number of benzene rings is 1. The largest absolute Gasteiger partial charge is 0.476 e. The molecule has 0 bridgehead atoms. The molecule has 1 aromatic rings. The highest BCUT2D eigenvalue weighted by Gasteiger charge is 2.43. The lowest BCUT2D eigenvalue weighted by molar-refractivity contribution is -0.134. The third-order valence-corrected chi connectivity index (χ3v) is 6.56. The smallest absolute Gasteiger partial charge is 0.407 e. The molecule has 1 aromatic carbocycles. The van der Waals surface area contributed by atoms with E-state index in [2.05, 4.69) is 5.32 Å². The van der Waals surface area contributed by atoms with E-state index < -0.39 is 43.0 Å². The van der Waals surface area contributed by atoms with Gasteiger partial charge in [0.15, 0.2) is 5.60 Å². The minimum atomic E-state index is -2.74. The summed E-state index contributed by atoms with van der Waals surface area (Å²) in [4.78, 5) is 55.0. The number of alkyl halides is 2. The summed E-state index contributed by atoms with van der Waals surface area (Å²) in [6.45, 7) is 7.72. The van der Waals surface area contributed by atoms with Gasteiger partial charge in [0.05, 0.1) is 18.3 Å². The highest BCUT2D eigenvalue weighted by Crippen LogP contribution is 2.40. The number of halogens is 2. The molecular weight excluding hydrogens is 490 g/mol. The number of likely N-dealkylation sites (tertiary alicyclic amines) is 1. The molecule has 37 heavy (non-hydrogen) atoms. The first-order valence-corrected chi connectivity index (χ1v) is 12.2. The first-order chi connectivity index (χ1) is 17.2. The standard InChI is InChI=1S/C25H34F2N4O6/c1-14(2)31(16-7-6-8-29(12-16)24(35)36)22(33)17-10-18-19(9-15(17)3)37-25(4,5)23(34)30(18)13-21(32)28-11-20(26)27/h9-10,14,16,20H,6-8,11-13H2,1-5H3,(H,28,32)(H,35,36)/t16-/m1/s1. The topological polar surface area (TPSA) is 119 Å². The lowest BCUT2D eigenvalue weighted by atomic mass is 9.97. The zero-order valence-corrected chi connectivity index (χ0v) is 21.7. The van der Waals surface area contributed by atoms with Crippen LogP contribution in [0.25, 0.3) is 0 Å². The van der Waals surface area contributed by atoms with E-state index in [1.54, 1.807) is 17.9 Å². The molecule has 0 unspecified atom stereocenters. The fourth-order valence-electron chi connectivity index (χ4n) is 4.81. The van der Waals surface area contributed by atoms with Crippen molar-refractivity contribution in [3.05, 3.63) is 23.3 Å². The van der Waals surface area contributed by atoms with Gasteiger partial charge in [-0.15, -0.1) is 0 Å². The van der Waals surface area contributed by atoms with Gasteiger partial charge >= 0.3 is 6.09 Å². The molecule has 1 saturated heterocycles. The van der Waals surface area contributed by atoms with E-state index in [1.165, 1.54) is 24.8 Å². The summed E-state index contributed by atoms with van der Waals surface area (Å²) in [5, 5.41) is 11.5. The van der Waals surface area contributed by atoms with Crippen LogP contribution in [0, 0.1) is 6.92 Å². The number of nitrogens with zero attached hydrogens (tertiary/aromatic N) is 3. The molecule has 0 aromatic heterocycles. The molecular formula is C25H34F2N4O6. The van der Waals surface area contributed by atoms with Gasteiger partial charge in [0.25, 0.3) is 18.2 Å². The number of fused-ring (bicyclic) bond motifs is 1. The van der Waals surface area contributed by atoms with E-state index in [4.69, 9.17) is 4.74 Å². The van der Waals surface area contributed by atoms with Gasteiger partial charge in [-0.3, -0.25) is 19.3 Å². The molecule has 1 atom stereocenters. The Labute approximate surface area is 214 Å². The van der Waals surface area contributed by atoms with Crippen molar-refractivity contribution in [1.29, 1.82) is 0 Å². The summed E-state index contributed by atoms with van der Waals surface area (Å²) >= 11 is 0. The van der Waals surface area contributed by atoms with Crippen molar-refractivity contribution in [2.45, 2.75) is 71.6 Å². The molecule has 2 N–H and O–H groups in total. The maximum atomic E-state index is 13.8. The van der Waals surface area contributed by atoms with E-state index in [1.807, 2.05) is 13.8 Å². The van der Waals surface area contributed by atoms with E-state index in [-0.39, 0.29) is 41.5 Å². The maximum Gasteiger partial charge on any atom is 0.407 e. The second-order valence-electron chi connectivity index (χ2n) is 10.2. The van der Waals surface area contributed by atoms with Gasteiger partial charge < -0.3 is 25.0 Å². The van der Waals surface area contributed by atoms with Gasteiger partial charge in [0.1, 0.15) is 12.3 Å². The molecule has 0 spiro atoms. The summed E-state index contributed by atoms with van der Waals surface area (Å²) < 4.78 is 31.0. The van der Waals surface area contributed by atoms with Crippen LogP contribution in [-0.4, -0.2) is 89.0 Å². The average Bonchev–Trinajstić information content (AvgIpc) is 2.80. The first-order valence-electron chi connectivity index (χ1n) is 12.2. The number of carbonyl (C=O) groups excluding carboxylic acids is 3. The van der Waals surface area contributed by atoms with Gasteiger partial charge in [-0.1, -0.05) is 0 Å². The van der Waals surface area contributed by atoms with Crippen molar-refractivity contribution in [2.24, 2.45) is 0 Å². The molecule has 0 aliphatic carbocycles. The predicted octanol–water partition coefficient (Wildman–Crippen LogP) is 2.87. The van der Waals surface area contributed by atoms with Crippen molar-refractivity contribution < 1.29 is 37.8 Å². The molecule has 12 heteroatoms. The summed E-state index contributed by atoms with van der Waals surface area (Å²) in [5.41, 5.74) is -0.285. The van der Waals surface area contributed by atoms with Crippen LogP contribution < -0.4 is 15.0 Å². The highest BCUT2D eigenvalue weighted by atomic mass is 19.3. The molecule has 4 amide bonds. The fraction of sp³-hybridized carbons (Fsp3) is 0.600. The summed E-state index contributed by atoms with van der Waals surface area (Å²) in [7, 11) is 0. The van der Waals surface area contributed by atoms with Crippen LogP contribution in [0.3, 0.4) is 0 Å². The molecule has 204 valence electrons. The number of nitrogens with one attached hydrogen (secondary N) is 1. The quantitative estimate of drug-likeness (QED) is 0.566. The van der Waals surface area contributed by atoms with Gasteiger partial charge in [-0.25, -0.2) is 13.6 Å². The lowest BCUT2D eigenvalue weighted by Crippen LogP contribution is -2.55. The third kappa shape index (κ3) is 6.11. The number of hydrogen-bond donors (Lipinski definition) is 2. The Hall–Kier alpha value is -3.44. The number of piperidine rings is 1. The Morgan fingerprint density at radius 3 is 2.54 bits per heavy atom. The molecule has 2 aliphatic heterocycles. The second kappa shape index (κ2) is 10.9. The van der Waals surface area contributed by atoms with Crippen molar-refractivity contribution in [3.8, 4) is 5.75 Å². The van der Waals surface area contributed by atoms with Crippen LogP contribution in [0.4, 0.5) is 19.3 Å². The Morgan fingerprint density at radius 1 is 1.27 bits per heavy atom. The molecule has 0 radical (unpaired) electrons. The molecule has 1 fully saturated rings. The van der Waals surface area contributed by atoms with Crippen LogP contribution in [0.15, 0.2) is 12.1 Å². The molecule has 3 rings (SSSR count). The molecule has 0 saturated carbocycles. The van der Waals surface area contributed by atoms with Crippen LogP contribution in [0.1, 0.15) is 56.5 Å². The minimum absolute atomic E-state index is 0.185. The summed E-state index contributed by atoms with van der Waals surface area (Å²) in [6, 6.07) is 2.52. The maximum absolute atomic E-state index is 13.8. The average molecular weight is 525 g/mol. The number of rotatable bonds is 7. The second-order valence-corrected chi connectivity index (χ2v) is 10.2. The van der Waals surface area contributed by atoms with Crippen LogP contribution in [-0.2, 0) is 9.59 Å². The normalized spacial score (nSPS) is 18.9. The zero-order chi connectivity index (χ0) is 27.7. The number of hydrogen-bond acceptors (Lipinski definition) is 5. The van der Waals surface area contributed by atoms with E-state index in [0.29, 0.717) is 24.9 Å². The van der Waals surface area contributed by atoms with Crippen molar-refractivity contribution in [2.75, 3.05) is 31.1 Å². The van der Waals surface area contributed by atoms with E-state index in [0.717, 1.165) is 4.90 Å². The van der Waals surface area contributed by atoms with Crippen LogP contribution >= 0.6 is 0 Å². The van der Waals surface area contributed by atoms with Crippen molar-refractivity contribution in [3.63, 3.8) is 0 Å². The van der Waals surface area contributed by atoms with Gasteiger partial charge in [-0.2, -0.15) is 0 Å². The number of amides is 4. The Kier molecular flexibility index (Phi) is 8.28. The van der Waals surface area contributed by atoms with Crippen LogP contribution in [0.2, 0.25) is 0 Å². The number of ether oxygens (including phenoxy) is 1. The Morgan fingerprint density at radius 2 is 1.95 bits per heavy atom. The summed E-state index contributed by atoms with van der Waals surface area (Å²) in [6.07, 6.45) is -2.51.